The molecule has 0 aromatic heterocycles. The zero-order valence-electron chi connectivity index (χ0n) is 22.4. The van der Waals surface area contributed by atoms with E-state index in [-0.39, 0.29) is 49.2 Å². The maximum absolute atomic E-state index is 15.2. The van der Waals surface area contributed by atoms with Crippen LogP contribution in [0.25, 0.3) is 0 Å². The van der Waals surface area contributed by atoms with Crippen molar-refractivity contribution in [2.24, 2.45) is 11.8 Å². The maximum atomic E-state index is 15.2. The number of alkyl carbamates (subject to hydrolysis) is 1. The van der Waals surface area contributed by atoms with Crippen molar-refractivity contribution in [2.75, 3.05) is 37.7 Å². The smallest absolute Gasteiger partial charge is 0.414 e. The van der Waals surface area contributed by atoms with Crippen LogP contribution in [0.2, 0.25) is 0 Å². The van der Waals surface area contributed by atoms with Crippen molar-refractivity contribution < 1.29 is 33.0 Å². The lowest BCUT2D eigenvalue weighted by Crippen LogP contribution is -2.38. The molecule has 2 aliphatic heterocycles. The number of halogens is 1. The molecule has 2 aromatic rings. The number of benzene rings is 2. The molecule has 3 fully saturated rings. The number of rotatable bonds is 8. The predicted octanol–water partition coefficient (Wildman–Crippen LogP) is 4.06. The second-order valence-corrected chi connectivity index (χ2v) is 11.3. The molecule has 3 amide bonds. The van der Waals surface area contributed by atoms with Gasteiger partial charge in [0.1, 0.15) is 24.1 Å². The molecule has 39 heavy (non-hydrogen) atoms. The van der Waals surface area contributed by atoms with Crippen LogP contribution in [0, 0.1) is 17.7 Å². The predicted molar refractivity (Wildman–Crippen MR) is 141 cm³/mol. The van der Waals surface area contributed by atoms with Gasteiger partial charge in [-0.2, -0.15) is 0 Å². The van der Waals surface area contributed by atoms with E-state index in [4.69, 9.17) is 14.2 Å². The molecule has 1 aliphatic carbocycles. The van der Waals surface area contributed by atoms with Crippen LogP contribution in [0.3, 0.4) is 0 Å². The molecule has 2 heterocycles. The third-order valence-corrected chi connectivity index (χ3v) is 7.29. The first kappa shape index (κ1) is 26.9. The standard InChI is InChI=1S/C29H34FN3O6/c1-29(2,3)39-27(35)31-12-20-13-33(28(36)38-20)19-9-10-21(24(30)11-19)26-22-14-32(15-23(22)26)25(34)17-37-16-18-7-5-4-6-8-18/h4-11,20,22-23,26H,12-17H2,1-3H3,(H,31,35)/t20-,22-,23+,26?/m0/s1. The summed E-state index contributed by atoms with van der Waals surface area (Å²) in [5.74, 6) is 0.0895. The summed E-state index contributed by atoms with van der Waals surface area (Å²) in [4.78, 5) is 40.0. The quantitative estimate of drug-likeness (QED) is 0.544. The third-order valence-electron chi connectivity index (χ3n) is 7.29. The Hall–Kier alpha value is -3.66. The molecule has 2 aromatic carbocycles. The number of carbonyl (C=O) groups excluding carboxylic acids is 3. The lowest BCUT2D eigenvalue weighted by molar-refractivity contribution is -0.136. The molecule has 2 saturated heterocycles. The van der Waals surface area contributed by atoms with Gasteiger partial charge in [0.15, 0.2) is 0 Å². The molecule has 0 bridgehead atoms. The highest BCUT2D eigenvalue weighted by Crippen LogP contribution is 2.58. The van der Waals surface area contributed by atoms with E-state index in [2.05, 4.69) is 5.32 Å². The molecule has 0 spiro atoms. The van der Waals surface area contributed by atoms with Crippen molar-refractivity contribution in [3.05, 3.63) is 65.5 Å². The van der Waals surface area contributed by atoms with Gasteiger partial charge in [-0.25, -0.2) is 14.0 Å². The highest BCUT2D eigenvalue weighted by Gasteiger charge is 2.57. The maximum Gasteiger partial charge on any atom is 0.414 e. The monoisotopic (exact) mass is 539 g/mol. The van der Waals surface area contributed by atoms with E-state index >= 15 is 4.39 Å². The Kier molecular flexibility index (Phi) is 7.48. The van der Waals surface area contributed by atoms with Crippen LogP contribution in [-0.4, -0.2) is 67.5 Å². The summed E-state index contributed by atoms with van der Waals surface area (Å²) in [5.41, 5.74) is 1.40. The number of fused-ring (bicyclic) bond motifs is 1. The molecule has 5 rings (SSSR count). The molecule has 9 nitrogen and oxygen atoms in total. The molecule has 0 radical (unpaired) electrons. The van der Waals surface area contributed by atoms with Gasteiger partial charge < -0.3 is 24.4 Å². The number of ether oxygens (including phenoxy) is 3. The van der Waals surface area contributed by atoms with Crippen LogP contribution in [0.1, 0.15) is 37.8 Å². The summed E-state index contributed by atoms with van der Waals surface area (Å²) >= 11 is 0. The molecule has 10 heteroatoms. The summed E-state index contributed by atoms with van der Waals surface area (Å²) in [5, 5.41) is 2.60. The first-order chi connectivity index (χ1) is 18.6. The fraction of sp³-hybridized carbons (Fsp3) is 0.483. The minimum Gasteiger partial charge on any atom is -0.444 e. The van der Waals surface area contributed by atoms with Crippen molar-refractivity contribution in [3.63, 3.8) is 0 Å². The van der Waals surface area contributed by atoms with E-state index in [0.717, 1.165) is 5.56 Å². The summed E-state index contributed by atoms with van der Waals surface area (Å²) in [6.45, 7) is 7.16. The normalized spacial score (nSPS) is 23.8. The molecule has 208 valence electrons. The number of likely N-dealkylation sites (tertiary alicyclic amines) is 1. The van der Waals surface area contributed by atoms with Gasteiger partial charge >= 0.3 is 12.2 Å². The number of cyclic esters (lactones) is 1. The topological polar surface area (TPSA) is 97.4 Å². The SMILES string of the molecule is CC(C)(C)OC(=O)NC[C@H]1CN(c2ccc(C3[C@H]4CN(C(=O)COCc5ccccc5)C[C@@H]34)c(F)c2)C(=O)O1. The van der Waals surface area contributed by atoms with Gasteiger partial charge in [-0.3, -0.25) is 9.69 Å². The molecule has 1 unspecified atom stereocenters. The summed E-state index contributed by atoms with van der Waals surface area (Å²) in [6, 6.07) is 14.5. The van der Waals surface area contributed by atoms with Crippen LogP contribution in [0.15, 0.2) is 48.5 Å². The van der Waals surface area contributed by atoms with Crippen molar-refractivity contribution >= 4 is 23.8 Å². The lowest BCUT2D eigenvalue weighted by Gasteiger charge is -2.21. The first-order valence-corrected chi connectivity index (χ1v) is 13.2. The van der Waals surface area contributed by atoms with E-state index in [1.165, 1.54) is 11.0 Å². The third kappa shape index (κ3) is 6.33. The van der Waals surface area contributed by atoms with Gasteiger partial charge in [0.25, 0.3) is 0 Å². The Labute approximate surface area is 227 Å². The average molecular weight is 540 g/mol. The highest BCUT2D eigenvalue weighted by atomic mass is 19.1. The van der Waals surface area contributed by atoms with Gasteiger partial charge in [0.05, 0.1) is 25.4 Å². The van der Waals surface area contributed by atoms with Crippen LogP contribution in [0.4, 0.5) is 19.7 Å². The minimum atomic E-state index is -0.632. The summed E-state index contributed by atoms with van der Waals surface area (Å²) < 4.78 is 31.3. The van der Waals surface area contributed by atoms with Gasteiger partial charge in [-0.15, -0.1) is 0 Å². The zero-order valence-corrected chi connectivity index (χ0v) is 22.4. The van der Waals surface area contributed by atoms with E-state index in [9.17, 15) is 14.4 Å². The Morgan fingerprint density at radius 2 is 1.79 bits per heavy atom. The first-order valence-electron chi connectivity index (χ1n) is 13.2. The summed E-state index contributed by atoms with van der Waals surface area (Å²) in [6.07, 6.45) is -1.76. The van der Waals surface area contributed by atoms with Gasteiger partial charge in [0.2, 0.25) is 5.91 Å². The Balaban J connectivity index is 1.09. The van der Waals surface area contributed by atoms with Crippen LogP contribution < -0.4 is 10.2 Å². The number of carbonyl (C=O) groups is 3. The van der Waals surface area contributed by atoms with E-state index in [1.54, 1.807) is 37.8 Å². The minimum absolute atomic E-state index is 0.0300. The second-order valence-electron chi connectivity index (χ2n) is 11.3. The second kappa shape index (κ2) is 10.8. The van der Waals surface area contributed by atoms with Gasteiger partial charge in [-0.1, -0.05) is 36.4 Å². The zero-order chi connectivity index (χ0) is 27.7. The average Bonchev–Trinajstić information content (AvgIpc) is 3.19. The molecule has 1 N–H and O–H groups in total. The Morgan fingerprint density at radius 1 is 1.08 bits per heavy atom. The number of nitrogens with one attached hydrogen (secondary N) is 1. The Morgan fingerprint density at radius 3 is 2.46 bits per heavy atom. The van der Waals surface area contributed by atoms with E-state index < -0.39 is 23.9 Å². The number of amides is 3. The number of anilines is 1. The van der Waals surface area contributed by atoms with E-state index in [1.807, 2.05) is 30.3 Å². The van der Waals surface area contributed by atoms with Gasteiger partial charge in [-0.05, 0) is 61.8 Å². The summed E-state index contributed by atoms with van der Waals surface area (Å²) in [7, 11) is 0. The number of hydrogen-bond donors (Lipinski definition) is 1. The molecule has 3 aliphatic rings. The number of piperidine rings is 1. The van der Waals surface area contributed by atoms with Crippen molar-refractivity contribution in [3.8, 4) is 0 Å². The molecule has 4 atom stereocenters. The van der Waals surface area contributed by atoms with Crippen molar-refractivity contribution in [1.82, 2.24) is 10.2 Å². The lowest BCUT2D eigenvalue weighted by atomic mass is 10.0. The molecular formula is C29H34FN3O6. The Bertz CT molecular complexity index is 1220. The van der Waals surface area contributed by atoms with Crippen molar-refractivity contribution in [1.29, 1.82) is 0 Å². The van der Waals surface area contributed by atoms with E-state index in [0.29, 0.717) is 30.9 Å². The van der Waals surface area contributed by atoms with Crippen molar-refractivity contribution in [2.45, 2.75) is 45.0 Å². The molecular weight excluding hydrogens is 505 g/mol. The number of hydrogen-bond acceptors (Lipinski definition) is 6. The van der Waals surface area contributed by atoms with Gasteiger partial charge in [0, 0.05) is 13.1 Å². The molecule has 1 saturated carbocycles. The van der Waals surface area contributed by atoms with Crippen LogP contribution in [0.5, 0.6) is 0 Å². The fourth-order valence-corrected chi connectivity index (χ4v) is 5.42. The fourth-order valence-electron chi connectivity index (χ4n) is 5.42. The highest BCUT2D eigenvalue weighted by molar-refractivity contribution is 5.89. The largest absolute Gasteiger partial charge is 0.444 e. The number of nitrogens with zero attached hydrogens (tertiary/aromatic N) is 2. The van der Waals surface area contributed by atoms with Crippen LogP contribution >= 0.6 is 0 Å². The van der Waals surface area contributed by atoms with Crippen LogP contribution in [-0.2, 0) is 25.6 Å².